The van der Waals surface area contributed by atoms with Crippen molar-refractivity contribution in [3.8, 4) is 0 Å². The molecule has 0 saturated carbocycles. The molecule has 0 saturated heterocycles. The first kappa shape index (κ1) is 9.36. The third-order valence-corrected chi connectivity index (χ3v) is 2.20. The molecule has 0 aliphatic rings. The summed E-state index contributed by atoms with van der Waals surface area (Å²) in [7, 11) is 0. The Labute approximate surface area is 77.5 Å². The van der Waals surface area contributed by atoms with Gasteiger partial charge in [0.15, 0.2) is 0 Å². The first-order valence-electron chi connectivity index (χ1n) is 3.83. The lowest BCUT2D eigenvalue weighted by atomic mass is 10.1. The average molecular weight is 185 g/mol. The summed E-state index contributed by atoms with van der Waals surface area (Å²) in [6.07, 6.45) is 0. The third-order valence-electron chi connectivity index (χ3n) is 1.88. The molecule has 0 bridgehead atoms. The van der Waals surface area contributed by atoms with Gasteiger partial charge in [-0.3, -0.25) is 0 Å². The van der Waals surface area contributed by atoms with E-state index >= 15 is 0 Å². The van der Waals surface area contributed by atoms with Crippen LogP contribution < -0.4 is 11.5 Å². The summed E-state index contributed by atoms with van der Waals surface area (Å²) in [6, 6.07) is 3.63. The van der Waals surface area contributed by atoms with Crippen LogP contribution in [0.3, 0.4) is 0 Å². The molecule has 2 nitrogen and oxygen atoms in total. The Morgan fingerprint density at radius 2 is 2.00 bits per heavy atom. The molecule has 1 atom stereocenters. The Balaban J connectivity index is 3.23. The largest absolute Gasteiger partial charge is 0.398 e. The Bertz CT molecular complexity index is 295. The van der Waals surface area contributed by atoms with Crippen LogP contribution in [0, 0.1) is 6.92 Å². The zero-order valence-corrected chi connectivity index (χ0v) is 8.02. The molecule has 0 aliphatic heterocycles. The van der Waals surface area contributed by atoms with Crippen molar-refractivity contribution < 1.29 is 0 Å². The van der Waals surface area contributed by atoms with Crippen LogP contribution >= 0.6 is 11.6 Å². The second-order valence-corrected chi connectivity index (χ2v) is 3.43. The second kappa shape index (κ2) is 3.33. The Kier molecular flexibility index (Phi) is 2.60. The van der Waals surface area contributed by atoms with Gasteiger partial charge in [0.05, 0.1) is 0 Å². The first-order chi connectivity index (χ1) is 5.52. The van der Waals surface area contributed by atoms with Gasteiger partial charge >= 0.3 is 0 Å². The lowest BCUT2D eigenvalue weighted by Gasteiger charge is -2.10. The van der Waals surface area contributed by atoms with Gasteiger partial charge in [-0.25, -0.2) is 0 Å². The monoisotopic (exact) mass is 184 g/mol. The van der Waals surface area contributed by atoms with Gasteiger partial charge in [-0.1, -0.05) is 17.7 Å². The summed E-state index contributed by atoms with van der Waals surface area (Å²) in [6.45, 7) is 3.84. The molecule has 4 N–H and O–H groups in total. The fraction of sp³-hybridized carbons (Fsp3) is 0.333. The molecule has 1 aromatic carbocycles. The Hall–Kier alpha value is -0.730. The fourth-order valence-electron chi connectivity index (χ4n) is 1.07. The highest BCUT2D eigenvalue weighted by Crippen LogP contribution is 2.26. The molecule has 1 rings (SSSR count). The van der Waals surface area contributed by atoms with E-state index in [1.54, 1.807) is 6.07 Å². The second-order valence-electron chi connectivity index (χ2n) is 3.02. The van der Waals surface area contributed by atoms with Gasteiger partial charge < -0.3 is 11.5 Å². The first-order valence-corrected chi connectivity index (χ1v) is 4.21. The summed E-state index contributed by atoms with van der Waals surface area (Å²) >= 11 is 5.94. The van der Waals surface area contributed by atoms with Gasteiger partial charge in [0.25, 0.3) is 0 Å². The maximum atomic E-state index is 5.94. The van der Waals surface area contributed by atoms with E-state index in [1.807, 2.05) is 19.9 Å². The number of nitrogen functional groups attached to an aromatic ring is 1. The van der Waals surface area contributed by atoms with Gasteiger partial charge in [0.2, 0.25) is 0 Å². The normalized spacial score (nSPS) is 13.0. The van der Waals surface area contributed by atoms with E-state index in [2.05, 4.69) is 0 Å². The van der Waals surface area contributed by atoms with Crippen LogP contribution in [-0.4, -0.2) is 0 Å². The summed E-state index contributed by atoms with van der Waals surface area (Å²) in [5.74, 6) is 0. The molecule has 1 aromatic rings. The molecule has 0 unspecified atom stereocenters. The van der Waals surface area contributed by atoms with Crippen LogP contribution in [0.4, 0.5) is 5.69 Å². The molecular formula is C9H13ClN2. The van der Waals surface area contributed by atoms with Crippen molar-refractivity contribution in [2.24, 2.45) is 5.73 Å². The lowest BCUT2D eigenvalue weighted by Crippen LogP contribution is -2.06. The van der Waals surface area contributed by atoms with Gasteiger partial charge in [0.1, 0.15) is 0 Å². The van der Waals surface area contributed by atoms with E-state index in [-0.39, 0.29) is 6.04 Å². The van der Waals surface area contributed by atoms with Crippen molar-refractivity contribution in [2.75, 3.05) is 5.73 Å². The van der Waals surface area contributed by atoms with E-state index in [9.17, 15) is 0 Å². The zero-order chi connectivity index (χ0) is 9.30. The van der Waals surface area contributed by atoms with Crippen LogP contribution in [0.25, 0.3) is 0 Å². The third kappa shape index (κ3) is 1.71. The maximum absolute atomic E-state index is 5.94. The van der Waals surface area contributed by atoms with Gasteiger partial charge in [-0.05, 0) is 31.0 Å². The van der Waals surface area contributed by atoms with Crippen molar-refractivity contribution >= 4 is 17.3 Å². The number of nitrogens with two attached hydrogens (primary N) is 2. The molecule has 0 aromatic heterocycles. The van der Waals surface area contributed by atoms with Crippen LogP contribution in [0.1, 0.15) is 24.1 Å². The molecule has 66 valence electrons. The van der Waals surface area contributed by atoms with Crippen molar-refractivity contribution in [2.45, 2.75) is 19.9 Å². The molecule has 0 fully saturated rings. The maximum Gasteiger partial charge on any atom is 0.0474 e. The van der Waals surface area contributed by atoms with E-state index in [4.69, 9.17) is 23.1 Å². The van der Waals surface area contributed by atoms with Crippen LogP contribution in [0.2, 0.25) is 5.02 Å². The van der Waals surface area contributed by atoms with E-state index < -0.39 is 0 Å². The van der Waals surface area contributed by atoms with Crippen LogP contribution in [-0.2, 0) is 0 Å². The van der Waals surface area contributed by atoms with Gasteiger partial charge in [0, 0.05) is 16.8 Å². The van der Waals surface area contributed by atoms with E-state index in [0.717, 1.165) is 11.1 Å². The zero-order valence-electron chi connectivity index (χ0n) is 7.26. The molecule has 0 heterocycles. The number of hydrogen-bond acceptors (Lipinski definition) is 2. The molecule has 0 radical (unpaired) electrons. The number of aryl methyl sites for hydroxylation is 1. The Morgan fingerprint density at radius 1 is 1.42 bits per heavy atom. The van der Waals surface area contributed by atoms with Crippen molar-refractivity contribution in [1.82, 2.24) is 0 Å². The van der Waals surface area contributed by atoms with Crippen LogP contribution in [0.15, 0.2) is 12.1 Å². The Morgan fingerprint density at radius 3 is 2.50 bits per heavy atom. The van der Waals surface area contributed by atoms with Crippen LogP contribution in [0.5, 0.6) is 0 Å². The predicted octanol–water partition coefficient (Wildman–Crippen LogP) is 2.25. The van der Waals surface area contributed by atoms with Crippen molar-refractivity contribution in [1.29, 1.82) is 0 Å². The number of benzene rings is 1. The minimum absolute atomic E-state index is 0.0446. The molecule has 12 heavy (non-hydrogen) atoms. The number of halogens is 1. The van der Waals surface area contributed by atoms with Gasteiger partial charge in [-0.15, -0.1) is 0 Å². The van der Waals surface area contributed by atoms with Crippen molar-refractivity contribution in [3.05, 3.63) is 28.3 Å². The predicted molar refractivity (Wildman–Crippen MR) is 53.2 cm³/mol. The molecule has 3 heteroatoms. The quantitative estimate of drug-likeness (QED) is 0.658. The molecule has 0 amide bonds. The van der Waals surface area contributed by atoms with E-state index in [0.29, 0.717) is 10.7 Å². The summed E-state index contributed by atoms with van der Waals surface area (Å²) < 4.78 is 0. The minimum atomic E-state index is -0.0446. The summed E-state index contributed by atoms with van der Waals surface area (Å²) in [5.41, 5.74) is 14.1. The summed E-state index contributed by atoms with van der Waals surface area (Å²) in [5, 5.41) is 0.646. The minimum Gasteiger partial charge on any atom is -0.398 e. The van der Waals surface area contributed by atoms with Gasteiger partial charge in [-0.2, -0.15) is 0 Å². The highest BCUT2D eigenvalue weighted by atomic mass is 35.5. The van der Waals surface area contributed by atoms with E-state index in [1.165, 1.54) is 0 Å². The van der Waals surface area contributed by atoms with Crippen molar-refractivity contribution in [3.63, 3.8) is 0 Å². The molecule has 0 aliphatic carbocycles. The molecular weight excluding hydrogens is 172 g/mol. The number of anilines is 1. The highest BCUT2D eigenvalue weighted by Gasteiger charge is 2.06. The number of rotatable bonds is 1. The highest BCUT2D eigenvalue weighted by molar-refractivity contribution is 6.31. The standard InChI is InChI=1S/C9H13ClN2/c1-5-3-7(6(2)11)8(10)4-9(5)12/h3-4,6H,11-12H2,1-2H3/t6-/m1/s1. The SMILES string of the molecule is Cc1cc([C@@H](C)N)c(Cl)cc1N. The topological polar surface area (TPSA) is 52.0 Å². The lowest BCUT2D eigenvalue weighted by molar-refractivity contribution is 0.817. The smallest absolute Gasteiger partial charge is 0.0474 e. The molecule has 0 spiro atoms. The summed E-state index contributed by atoms with van der Waals surface area (Å²) in [4.78, 5) is 0. The fourth-order valence-corrected chi connectivity index (χ4v) is 1.41. The average Bonchev–Trinajstić information content (AvgIpc) is 1.96. The number of hydrogen-bond donors (Lipinski definition) is 2.